The Bertz CT molecular complexity index is 5480. The Hall–Kier alpha value is -13.6. The van der Waals surface area contributed by atoms with Crippen molar-refractivity contribution in [3.8, 4) is 0 Å². The van der Waals surface area contributed by atoms with E-state index in [2.05, 4.69) is 75.3 Å². The van der Waals surface area contributed by atoms with Gasteiger partial charge in [0.25, 0.3) is 0 Å². The lowest BCUT2D eigenvalue weighted by molar-refractivity contribution is -0.143. The molecular formula is C110H124N4O16. The van der Waals surface area contributed by atoms with Crippen LogP contribution in [-0.2, 0) is 80.2 Å². The van der Waals surface area contributed by atoms with E-state index in [0.717, 1.165) is 152 Å². The van der Waals surface area contributed by atoms with E-state index in [4.69, 9.17) is 48.5 Å². The van der Waals surface area contributed by atoms with Crippen LogP contribution in [0.25, 0.3) is 0 Å². The molecule has 4 heterocycles. The summed E-state index contributed by atoms with van der Waals surface area (Å²) in [6, 6.07) is 55.5. The zero-order valence-corrected chi connectivity index (χ0v) is 76.8. The standard InChI is InChI=1S/C32H33NO3.C27H29NO5.C27H31NO3.C24H31NO5/c1-24-20-25(2)31-28(21-24)22-29(33-35-23-26-14-8-6-9-15-26)18-12-4-3-5-13-19-30(36-32(31)34)27-16-10-7-11-17-27;1-19-15-20(2)26-22(16-19)17-23(28-32-18-25(29)30)13-9-4-3-5-10-14-24(33-27(26)31)21-11-7-6-8-12-21;1-4-30-28-24-15-11-6-5-7-12-16-25(22-13-9-8-10-14-22)31-27(29)26-21(3)17-20(2)18-23(26)19-24;1-16(2)21-11-9-7-5-6-8-10-20(25-29-15-22(26)27)14-19-13-17(3)12-18(4)23(19)24(28)30-21/h5-18,20-21,30H,3-4,19,22-23H2,1-2H3;5-13,15-16,24H,3-4,14,17-18H2,1-2H3,(H,29,30);7-15,17-18,25H,4-6,16,19H2,1-3H3;7-10,12-13,16,21H,5-6,11,14-15H2,1-4H3,(H,26,27)/b13-5+,18-12+,33-29?;10-5+,13-9+,28-23?;12-7+,15-11+,28-24?;9-7+,10-8+,25-20?/t30-;24-;25-;21-/m0000/s1. The fourth-order valence-corrected chi connectivity index (χ4v) is 15.5. The quantitative estimate of drug-likeness (QED) is 0.0418. The summed E-state index contributed by atoms with van der Waals surface area (Å²) in [5, 5.41) is 34.4. The van der Waals surface area contributed by atoms with Crippen LogP contribution >= 0.6 is 0 Å². The van der Waals surface area contributed by atoms with Crippen LogP contribution < -0.4 is 0 Å². The molecule has 20 heteroatoms. The van der Waals surface area contributed by atoms with Gasteiger partial charge in [0.05, 0.1) is 45.1 Å². The minimum atomic E-state index is -1.10. The lowest BCUT2D eigenvalue weighted by Gasteiger charge is -2.22. The maximum atomic E-state index is 13.6. The zero-order chi connectivity index (χ0) is 92.9. The molecule has 130 heavy (non-hydrogen) atoms. The molecule has 0 spiro atoms. The van der Waals surface area contributed by atoms with Gasteiger partial charge in [-0.15, -0.1) is 0 Å². The van der Waals surface area contributed by atoms with Crippen LogP contribution in [0, 0.1) is 61.3 Å². The van der Waals surface area contributed by atoms with E-state index in [-0.39, 0.29) is 42.1 Å². The van der Waals surface area contributed by atoms with Gasteiger partial charge in [0, 0.05) is 51.4 Å². The lowest BCUT2D eigenvalue weighted by atomic mass is 9.94. The normalized spacial score (nSPS) is 20.5. The minimum Gasteiger partial charge on any atom is -0.479 e. The van der Waals surface area contributed by atoms with E-state index < -0.39 is 37.2 Å². The molecule has 0 unspecified atom stereocenters. The fraction of sp³-hybridized carbons (Fsp3) is 0.327. The minimum absolute atomic E-state index is 0.196. The number of aryl methyl sites for hydroxylation is 8. The van der Waals surface area contributed by atoms with Gasteiger partial charge < -0.3 is 48.5 Å². The Labute approximate surface area is 766 Å². The molecule has 4 aliphatic heterocycles. The number of ether oxygens (including phenoxy) is 4. The van der Waals surface area contributed by atoms with Crippen molar-refractivity contribution < 1.29 is 77.3 Å². The molecule has 0 saturated carbocycles. The molecule has 0 aliphatic carbocycles. The van der Waals surface area contributed by atoms with Crippen molar-refractivity contribution in [1.29, 1.82) is 0 Å². The summed E-state index contributed by atoms with van der Waals surface area (Å²) in [7, 11) is 0. The van der Waals surface area contributed by atoms with Crippen LogP contribution in [0.4, 0.5) is 0 Å². The SMILES string of the molecule is CCON=C1/C=C/CC/C=C/C[C@@H](c2ccccc2)OC(=O)c2c(C)cc(C)cc2C1.Cc1cc(C)c2c(c1)CC(=NOCC(=O)O)/C=C/CC/C=C/C[C@@H](C(C)C)OC2=O.Cc1cc(C)c2c(c1)CC(=NOCC(=O)O)/C=C/CC/C=C/C[C@@H](c1ccccc1)OC2=O.Cc1cc(C)c2c(c1)CC(=NOCc1ccccc1)/C=C/CC/C=C/C[C@@H](c1ccccc1)OC2=O. The molecule has 0 saturated heterocycles. The molecule has 4 atom stereocenters. The van der Waals surface area contributed by atoms with Crippen molar-refractivity contribution in [2.24, 2.45) is 26.5 Å². The highest BCUT2D eigenvalue weighted by Gasteiger charge is 2.29. The Balaban J connectivity index is 0.000000196. The number of benzene rings is 8. The third-order valence-corrected chi connectivity index (χ3v) is 21.4. The fourth-order valence-electron chi connectivity index (χ4n) is 15.5. The van der Waals surface area contributed by atoms with Crippen molar-refractivity contribution in [2.45, 2.75) is 210 Å². The second-order valence-corrected chi connectivity index (χ2v) is 32.9. The first-order chi connectivity index (χ1) is 62.9. The maximum Gasteiger partial charge on any atom is 0.344 e. The molecule has 0 amide bonds. The number of oxime groups is 4. The van der Waals surface area contributed by atoms with Gasteiger partial charge in [0.1, 0.15) is 37.6 Å². The van der Waals surface area contributed by atoms with Crippen LogP contribution in [-0.4, -0.2) is 94.8 Å². The number of hydrogen-bond donors (Lipinski definition) is 2. The number of carboxylic acid groups (broad SMARTS) is 2. The van der Waals surface area contributed by atoms with Crippen molar-refractivity contribution in [1.82, 2.24) is 0 Å². The summed E-state index contributed by atoms with van der Waals surface area (Å²) in [6.45, 7) is 21.6. The first-order valence-electron chi connectivity index (χ1n) is 44.8. The van der Waals surface area contributed by atoms with E-state index >= 15 is 0 Å². The van der Waals surface area contributed by atoms with Gasteiger partial charge in [-0.3, -0.25) is 0 Å². The molecule has 8 aromatic carbocycles. The highest BCUT2D eigenvalue weighted by atomic mass is 16.6. The number of allylic oxidation sites excluding steroid dienone is 12. The van der Waals surface area contributed by atoms with Crippen LogP contribution in [0.15, 0.2) is 288 Å². The average molecular weight is 1760 g/mol. The van der Waals surface area contributed by atoms with E-state index in [1.165, 1.54) is 0 Å². The van der Waals surface area contributed by atoms with Crippen LogP contribution in [0.5, 0.6) is 0 Å². The first kappa shape index (κ1) is 100. The first-order valence-corrected chi connectivity index (χ1v) is 44.8. The van der Waals surface area contributed by atoms with E-state index in [1.54, 1.807) is 0 Å². The molecule has 0 bridgehead atoms. The third kappa shape index (κ3) is 33.9. The Kier molecular flexibility index (Phi) is 41.5. The van der Waals surface area contributed by atoms with Crippen molar-refractivity contribution in [3.63, 3.8) is 0 Å². The molecule has 2 N–H and O–H groups in total. The Morgan fingerprint density at radius 3 is 0.908 bits per heavy atom. The van der Waals surface area contributed by atoms with Gasteiger partial charge in [-0.1, -0.05) is 299 Å². The Morgan fingerprint density at radius 1 is 0.346 bits per heavy atom. The predicted octanol–water partition coefficient (Wildman–Crippen LogP) is 24.3. The molecule has 0 radical (unpaired) electrons. The highest BCUT2D eigenvalue weighted by Crippen LogP contribution is 2.33. The summed E-state index contributed by atoms with van der Waals surface area (Å²) < 4.78 is 24.1. The molecule has 680 valence electrons. The van der Waals surface area contributed by atoms with E-state index in [0.29, 0.717) is 98.3 Å². The number of aliphatic carboxylic acids is 2. The number of carbonyl (C=O) groups excluding carboxylic acids is 4. The number of fused-ring (bicyclic) bond motifs is 4. The van der Waals surface area contributed by atoms with Crippen LogP contribution in [0.3, 0.4) is 0 Å². The number of rotatable bonds is 15. The van der Waals surface area contributed by atoms with E-state index in [1.807, 2.05) is 289 Å². The second-order valence-electron chi connectivity index (χ2n) is 32.9. The van der Waals surface area contributed by atoms with Gasteiger partial charge in [0.2, 0.25) is 13.2 Å². The number of hydrogen-bond acceptors (Lipinski definition) is 18. The van der Waals surface area contributed by atoms with Crippen LogP contribution in [0.1, 0.15) is 247 Å². The maximum absolute atomic E-state index is 13.6. The van der Waals surface area contributed by atoms with Crippen molar-refractivity contribution in [3.05, 3.63) is 378 Å². The largest absolute Gasteiger partial charge is 0.479 e. The van der Waals surface area contributed by atoms with Crippen LogP contribution in [0.2, 0.25) is 0 Å². The molecule has 8 aromatic rings. The van der Waals surface area contributed by atoms with Gasteiger partial charge >= 0.3 is 35.8 Å². The van der Waals surface area contributed by atoms with Gasteiger partial charge in [-0.2, -0.15) is 0 Å². The number of carboxylic acids is 2. The molecular weight excluding hydrogens is 1630 g/mol. The number of nitrogens with zero attached hydrogens (tertiary/aromatic N) is 4. The highest BCUT2D eigenvalue weighted by molar-refractivity contribution is 6.03. The average Bonchev–Trinajstić information content (AvgIpc) is 0.817. The zero-order valence-electron chi connectivity index (χ0n) is 76.8. The molecule has 12 rings (SSSR count). The topological polar surface area (TPSA) is 266 Å². The molecule has 20 nitrogen and oxygen atoms in total. The summed E-state index contributed by atoms with van der Waals surface area (Å²) in [6.07, 6.45) is 42.4. The van der Waals surface area contributed by atoms with Crippen molar-refractivity contribution >= 4 is 58.7 Å². The predicted molar refractivity (Wildman–Crippen MR) is 515 cm³/mol. The van der Waals surface area contributed by atoms with Crippen molar-refractivity contribution in [2.75, 3.05) is 19.8 Å². The summed E-state index contributed by atoms with van der Waals surface area (Å²) in [4.78, 5) is 96.0. The smallest absolute Gasteiger partial charge is 0.344 e. The summed E-state index contributed by atoms with van der Waals surface area (Å²) >= 11 is 0. The lowest BCUT2D eigenvalue weighted by Crippen LogP contribution is -2.25. The molecule has 4 aliphatic rings. The van der Waals surface area contributed by atoms with Gasteiger partial charge in [0.15, 0.2) is 0 Å². The second kappa shape index (κ2) is 53.9. The number of esters is 4. The Morgan fingerprint density at radius 2 is 0.615 bits per heavy atom. The molecule has 0 aromatic heterocycles. The summed E-state index contributed by atoms with van der Waals surface area (Å²) in [5.74, 6) is -3.34. The van der Waals surface area contributed by atoms with Gasteiger partial charge in [-0.05, 0) is 211 Å². The monoisotopic (exact) mass is 1760 g/mol. The number of carbonyl (C=O) groups is 6. The number of cyclic esters (lactones) is 4. The van der Waals surface area contributed by atoms with E-state index in [9.17, 15) is 28.8 Å². The molecule has 0 fully saturated rings. The van der Waals surface area contributed by atoms with Gasteiger partial charge in [-0.25, -0.2) is 28.8 Å². The third-order valence-electron chi connectivity index (χ3n) is 21.4. The summed E-state index contributed by atoms with van der Waals surface area (Å²) in [5.41, 5.74) is 20.0.